The van der Waals surface area contributed by atoms with E-state index in [0.29, 0.717) is 11.3 Å². The largest absolute Gasteiger partial charge is 0.449 e. The SMILES string of the molecule is C[C@@H](OC(=O)/C=C/c1ccsc1)C(=O)Nc1ccccc1C#N. The highest BCUT2D eigenvalue weighted by Crippen LogP contribution is 2.14. The number of carbonyl (C=O) groups is 2. The molecule has 0 spiro atoms. The summed E-state index contributed by atoms with van der Waals surface area (Å²) in [6.07, 6.45) is 1.92. The van der Waals surface area contributed by atoms with E-state index in [9.17, 15) is 9.59 Å². The first-order valence-electron chi connectivity index (χ1n) is 6.81. The van der Waals surface area contributed by atoms with Crippen LogP contribution in [0.5, 0.6) is 0 Å². The Balaban J connectivity index is 1.92. The summed E-state index contributed by atoms with van der Waals surface area (Å²) in [5.41, 5.74) is 1.63. The number of thiophene rings is 1. The number of anilines is 1. The maximum atomic E-state index is 12.0. The number of esters is 1. The summed E-state index contributed by atoms with van der Waals surface area (Å²) in [5.74, 6) is -1.10. The molecule has 0 aliphatic heterocycles. The lowest BCUT2D eigenvalue weighted by Gasteiger charge is -2.13. The van der Waals surface area contributed by atoms with Crippen molar-refractivity contribution in [1.29, 1.82) is 5.26 Å². The summed E-state index contributed by atoms with van der Waals surface area (Å²) < 4.78 is 5.04. The molecule has 1 amide bonds. The van der Waals surface area contributed by atoms with E-state index in [-0.39, 0.29) is 0 Å². The number of carbonyl (C=O) groups excluding carboxylic acids is 2. The fraction of sp³-hybridized carbons (Fsp3) is 0.118. The molecule has 0 fully saturated rings. The van der Waals surface area contributed by atoms with Gasteiger partial charge in [0.05, 0.1) is 11.3 Å². The van der Waals surface area contributed by atoms with Crippen LogP contribution in [0.2, 0.25) is 0 Å². The second-order valence-corrected chi connectivity index (χ2v) is 5.40. The molecule has 0 aliphatic rings. The van der Waals surface area contributed by atoms with Crippen LogP contribution in [-0.4, -0.2) is 18.0 Å². The van der Waals surface area contributed by atoms with E-state index < -0.39 is 18.0 Å². The molecule has 0 saturated heterocycles. The molecule has 1 aromatic heterocycles. The normalized spacial score (nSPS) is 11.7. The monoisotopic (exact) mass is 326 g/mol. The number of nitriles is 1. The number of rotatable bonds is 5. The second kappa shape index (κ2) is 7.92. The number of amides is 1. The van der Waals surface area contributed by atoms with E-state index in [0.717, 1.165) is 5.56 Å². The van der Waals surface area contributed by atoms with Gasteiger partial charge in [-0.25, -0.2) is 4.79 Å². The highest BCUT2D eigenvalue weighted by Gasteiger charge is 2.17. The number of nitrogens with zero attached hydrogens (tertiary/aromatic N) is 1. The van der Waals surface area contributed by atoms with E-state index in [2.05, 4.69) is 5.32 Å². The molecule has 2 aromatic rings. The summed E-state index contributed by atoms with van der Waals surface area (Å²) >= 11 is 1.52. The Kier molecular flexibility index (Phi) is 5.67. The summed E-state index contributed by atoms with van der Waals surface area (Å²) in [7, 11) is 0. The van der Waals surface area contributed by atoms with Gasteiger partial charge in [-0.05, 0) is 47.5 Å². The predicted octanol–water partition coefficient (Wildman–Crippen LogP) is 3.20. The highest BCUT2D eigenvalue weighted by atomic mass is 32.1. The number of hydrogen-bond acceptors (Lipinski definition) is 5. The van der Waals surface area contributed by atoms with Crippen LogP contribution < -0.4 is 5.32 Å². The zero-order valence-electron chi connectivity index (χ0n) is 12.4. The molecule has 1 atom stereocenters. The van der Waals surface area contributed by atoms with Gasteiger partial charge < -0.3 is 10.1 Å². The molecule has 6 heteroatoms. The molecule has 0 saturated carbocycles. The molecule has 2 rings (SSSR count). The Morgan fingerprint density at radius 3 is 2.83 bits per heavy atom. The number of para-hydroxylation sites is 1. The summed E-state index contributed by atoms with van der Waals surface area (Å²) in [4.78, 5) is 23.7. The Labute approximate surface area is 137 Å². The lowest BCUT2D eigenvalue weighted by atomic mass is 10.2. The van der Waals surface area contributed by atoms with Crippen LogP contribution in [0.4, 0.5) is 5.69 Å². The topological polar surface area (TPSA) is 79.2 Å². The van der Waals surface area contributed by atoms with Gasteiger partial charge >= 0.3 is 5.97 Å². The van der Waals surface area contributed by atoms with Gasteiger partial charge in [-0.15, -0.1) is 0 Å². The van der Waals surface area contributed by atoms with Crippen molar-refractivity contribution < 1.29 is 14.3 Å². The number of benzene rings is 1. The van der Waals surface area contributed by atoms with Crippen molar-refractivity contribution in [2.45, 2.75) is 13.0 Å². The zero-order chi connectivity index (χ0) is 16.7. The third kappa shape index (κ3) is 4.80. The Morgan fingerprint density at radius 1 is 1.35 bits per heavy atom. The third-order valence-corrected chi connectivity index (χ3v) is 3.62. The maximum Gasteiger partial charge on any atom is 0.331 e. The zero-order valence-corrected chi connectivity index (χ0v) is 13.2. The standard InChI is InChI=1S/C17H14N2O3S/c1-12(22-16(20)7-6-13-8-9-23-11-13)17(21)19-15-5-3-2-4-14(15)10-18/h2-9,11-12H,1H3,(H,19,21)/b7-6+/t12-/m1/s1. The van der Waals surface area contributed by atoms with Gasteiger partial charge in [-0.1, -0.05) is 12.1 Å². The van der Waals surface area contributed by atoms with Crippen molar-refractivity contribution in [2.75, 3.05) is 5.32 Å². The van der Waals surface area contributed by atoms with Crippen LogP contribution >= 0.6 is 11.3 Å². The minimum absolute atomic E-state index is 0.344. The number of nitrogens with one attached hydrogen (secondary N) is 1. The van der Waals surface area contributed by atoms with Crippen molar-refractivity contribution in [1.82, 2.24) is 0 Å². The minimum Gasteiger partial charge on any atom is -0.449 e. The molecule has 0 unspecified atom stereocenters. The van der Waals surface area contributed by atoms with Gasteiger partial charge in [0.2, 0.25) is 0 Å². The first kappa shape index (κ1) is 16.5. The smallest absolute Gasteiger partial charge is 0.331 e. The molecule has 0 radical (unpaired) electrons. The molecule has 0 bridgehead atoms. The molecule has 1 aromatic carbocycles. The lowest BCUT2D eigenvalue weighted by molar-refractivity contribution is -0.148. The van der Waals surface area contributed by atoms with Crippen LogP contribution in [0.25, 0.3) is 6.08 Å². The Hall–Kier alpha value is -2.91. The third-order valence-electron chi connectivity index (χ3n) is 2.92. The van der Waals surface area contributed by atoms with Crippen LogP contribution in [0.3, 0.4) is 0 Å². The Bertz CT molecular complexity index is 760. The van der Waals surface area contributed by atoms with E-state index in [1.54, 1.807) is 30.3 Å². The molecule has 23 heavy (non-hydrogen) atoms. The van der Waals surface area contributed by atoms with Crippen LogP contribution in [0.15, 0.2) is 47.2 Å². The predicted molar refractivity (Wildman–Crippen MR) is 88.7 cm³/mol. The molecular weight excluding hydrogens is 312 g/mol. The molecule has 0 aliphatic carbocycles. The molecule has 1 N–H and O–H groups in total. The molecule has 116 valence electrons. The van der Waals surface area contributed by atoms with Gasteiger partial charge in [0, 0.05) is 6.08 Å². The average molecular weight is 326 g/mol. The quantitative estimate of drug-likeness (QED) is 0.676. The van der Waals surface area contributed by atoms with Gasteiger partial charge in [-0.3, -0.25) is 4.79 Å². The number of ether oxygens (including phenoxy) is 1. The van der Waals surface area contributed by atoms with Crippen molar-refractivity contribution in [2.24, 2.45) is 0 Å². The van der Waals surface area contributed by atoms with Crippen molar-refractivity contribution in [3.05, 3.63) is 58.3 Å². The van der Waals surface area contributed by atoms with E-state index in [1.807, 2.05) is 22.9 Å². The van der Waals surface area contributed by atoms with E-state index in [4.69, 9.17) is 10.00 Å². The molecular formula is C17H14N2O3S. The first-order chi connectivity index (χ1) is 11.1. The molecule has 5 nitrogen and oxygen atoms in total. The number of hydrogen-bond donors (Lipinski definition) is 1. The van der Waals surface area contributed by atoms with Gasteiger partial charge in [0.15, 0.2) is 6.10 Å². The summed E-state index contributed by atoms with van der Waals surface area (Å²) in [5, 5.41) is 15.3. The van der Waals surface area contributed by atoms with Crippen molar-refractivity contribution in [3.63, 3.8) is 0 Å². The fourth-order valence-electron chi connectivity index (χ4n) is 1.73. The average Bonchev–Trinajstić information content (AvgIpc) is 3.06. The van der Waals surface area contributed by atoms with E-state index in [1.165, 1.54) is 24.3 Å². The van der Waals surface area contributed by atoms with Crippen molar-refractivity contribution >= 4 is 35.0 Å². The minimum atomic E-state index is -0.971. The maximum absolute atomic E-state index is 12.0. The fourth-order valence-corrected chi connectivity index (χ4v) is 2.35. The van der Waals surface area contributed by atoms with Crippen LogP contribution in [-0.2, 0) is 14.3 Å². The second-order valence-electron chi connectivity index (χ2n) is 4.62. The van der Waals surface area contributed by atoms with Crippen LogP contribution in [0, 0.1) is 11.3 Å². The van der Waals surface area contributed by atoms with Gasteiger partial charge in [0.25, 0.3) is 5.91 Å². The highest BCUT2D eigenvalue weighted by molar-refractivity contribution is 7.08. The van der Waals surface area contributed by atoms with Crippen LogP contribution in [0.1, 0.15) is 18.1 Å². The van der Waals surface area contributed by atoms with E-state index >= 15 is 0 Å². The Morgan fingerprint density at radius 2 is 2.13 bits per heavy atom. The summed E-state index contributed by atoms with van der Waals surface area (Å²) in [6.45, 7) is 1.47. The van der Waals surface area contributed by atoms with Gasteiger partial charge in [-0.2, -0.15) is 16.6 Å². The summed E-state index contributed by atoms with van der Waals surface area (Å²) in [6, 6.07) is 10.5. The first-order valence-corrected chi connectivity index (χ1v) is 7.75. The molecule has 1 heterocycles. The van der Waals surface area contributed by atoms with Gasteiger partial charge in [0.1, 0.15) is 6.07 Å². The van der Waals surface area contributed by atoms with Crippen molar-refractivity contribution in [3.8, 4) is 6.07 Å². The lowest BCUT2D eigenvalue weighted by Crippen LogP contribution is -2.29.